The zero-order valence-electron chi connectivity index (χ0n) is 20.5. The molecule has 7 nitrogen and oxygen atoms in total. The Balaban J connectivity index is 2.01. The predicted molar refractivity (Wildman–Crippen MR) is 122 cm³/mol. The van der Waals surface area contributed by atoms with E-state index in [1.54, 1.807) is 0 Å². The lowest BCUT2D eigenvalue weighted by Crippen LogP contribution is -2.67. The Bertz CT molecular complexity index is 517. The van der Waals surface area contributed by atoms with Gasteiger partial charge in [0, 0.05) is 47.3 Å². The van der Waals surface area contributed by atoms with Gasteiger partial charge in [0.1, 0.15) is 0 Å². The maximum absolute atomic E-state index is 12.9. The van der Waals surface area contributed by atoms with Crippen molar-refractivity contribution in [2.45, 2.75) is 115 Å². The molecule has 4 N–H and O–H groups in total. The van der Waals surface area contributed by atoms with Gasteiger partial charge in [0.25, 0.3) is 0 Å². The molecule has 2 aliphatic rings. The van der Waals surface area contributed by atoms with Gasteiger partial charge in [0.05, 0.1) is 13.2 Å². The highest BCUT2D eigenvalue weighted by molar-refractivity contribution is 5.74. The molecule has 30 heavy (non-hydrogen) atoms. The van der Waals surface area contributed by atoms with Gasteiger partial charge in [-0.05, 0) is 81.1 Å². The lowest BCUT2D eigenvalue weighted by molar-refractivity contribution is -0.0497. The van der Waals surface area contributed by atoms with E-state index < -0.39 is 0 Å². The van der Waals surface area contributed by atoms with Crippen LogP contribution in [0.3, 0.4) is 0 Å². The summed E-state index contributed by atoms with van der Waals surface area (Å²) in [6, 6.07) is 0.107. The Morgan fingerprint density at radius 3 is 1.20 bits per heavy atom. The van der Waals surface area contributed by atoms with Crippen LogP contribution < -0.4 is 10.6 Å². The summed E-state index contributed by atoms with van der Waals surface area (Å²) in [5.41, 5.74) is -0.381. The van der Waals surface area contributed by atoms with Gasteiger partial charge in [-0.15, -0.1) is 0 Å². The number of β-amino-alcohol motifs (C(OH)–C–C–N with tert-alkyl or cyclic N) is 2. The molecule has 0 atom stereocenters. The van der Waals surface area contributed by atoms with Crippen molar-refractivity contribution in [2.24, 2.45) is 0 Å². The van der Waals surface area contributed by atoms with Crippen LogP contribution in [0.2, 0.25) is 0 Å². The Morgan fingerprint density at radius 1 is 0.700 bits per heavy atom. The number of hydrogen-bond acceptors (Lipinski definition) is 5. The normalized spacial score (nSPS) is 27.0. The van der Waals surface area contributed by atoms with Crippen LogP contribution in [0.25, 0.3) is 0 Å². The molecule has 2 saturated heterocycles. The summed E-state index contributed by atoms with van der Waals surface area (Å²) >= 11 is 0. The van der Waals surface area contributed by atoms with E-state index in [0.29, 0.717) is 13.1 Å². The average molecular weight is 427 g/mol. The molecule has 0 spiro atoms. The molecule has 7 heteroatoms. The highest BCUT2D eigenvalue weighted by atomic mass is 16.3. The van der Waals surface area contributed by atoms with Crippen LogP contribution in [0.5, 0.6) is 0 Å². The topological polar surface area (TPSA) is 88.1 Å². The summed E-state index contributed by atoms with van der Waals surface area (Å²) in [6.07, 6.45) is 3.43. The molecule has 2 heterocycles. The molecular formula is C23H46N4O3. The van der Waals surface area contributed by atoms with Crippen LogP contribution in [0, 0.1) is 0 Å². The Hall–Kier alpha value is -0.890. The molecule has 2 fully saturated rings. The third-order valence-corrected chi connectivity index (χ3v) is 7.22. The minimum Gasteiger partial charge on any atom is -0.395 e. The summed E-state index contributed by atoms with van der Waals surface area (Å²) < 4.78 is 0. The summed E-state index contributed by atoms with van der Waals surface area (Å²) in [7, 11) is 0. The van der Waals surface area contributed by atoms with Gasteiger partial charge in [0.15, 0.2) is 0 Å². The van der Waals surface area contributed by atoms with Crippen molar-refractivity contribution in [3.63, 3.8) is 0 Å². The monoisotopic (exact) mass is 426 g/mol. The molecule has 2 aliphatic heterocycles. The fraction of sp³-hybridized carbons (Fsp3) is 0.957. The molecule has 176 valence electrons. The van der Waals surface area contributed by atoms with E-state index in [9.17, 15) is 15.0 Å². The van der Waals surface area contributed by atoms with Crippen LogP contribution >= 0.6 is 0 Å². The van der Waals surface area contributed by atoms with Gasteiger partial charge in [-0.3, -0.25) is 9.80 Å². The Labute approximate surface area is 183 Å². The second kappa shape index (κ2) is 8.93. The minimum absolute atomic E-state index is 0.0885. The van der Waals surface area contributed by atoms with E-state index >= 15 is 0 Å². The number of aliphatic hydroxyl groups is 2. The fourth-order valence-electron chi connectivity index (χ4n) is 6.66. The van der Waals surface area contributed by atoms with Crippen molar-refractivity contribution in [3.8, 4) is 0 Å². The molecular weight excluding hydrogens is 380 g/mol. The number of nitrogens with zero attached hydrogens (tertiary/aromatic N) is 2. The summed E-state index contributed by atoms with van der Waals surface area (Å²) in [4.78, 5) is 17.6. The SMILES string of the molecule is CC1(C)CC(NC(=O)NC2CC(C)(C)N(CCO)C(C)(C)C2)CC(C)(C)N1CCO. The molecule has 0 aliphatic carbocycles. The molecule has 0 bridgehead atoms. The first-order valence-electron chi connectivity index (χ1n) is 11.5. The van der Waals surface area contributed by atoms with Crippen molar-refractivity contribution >= 4 is 6.03 Å². The van der Waals surface area contributed by atoms with Gasteiger partial charge in [0.2, 0.25) is 0 Å². The number of piperidine rings is 2. The highest BCUT2D eigenvalue weighted by Crippen LogP contribution is 2.39. The van der Waals surface area contributed by atoms with E-state index in [4.69, 9.17) is 0 Å². The standard InChI is InChI=1S/C23H46N4O3/c1-20(2)13-17(14-21(3,4)26(20)9-11-28)24-19(30)25-18-15-22(5,6)27(10-12-29)23(7,8)16-18/h17-18,28-29H,9-16H2,1-8H3,(H2,24,25,30). The number of carbonyl (C=O) groups excluding carboxylic acids is 1. The largest absolute Gasteiger partial charge is 0.395 e. The van der Waals surface area contributed by atoms with Gasteiger partial charge in [-0.1, -0.05) is 0 Å². The number of urea groups is 1. The lowest BCUT2D eigenvalue weighted by atomic mass is 9.76. The summed E-state index contributed by atoms with van der Waals surface area (Å²) in [5, 5.41) is 25.4. The maximum atomic E-state index is 12.9. The number of nitrogens with one attached hydrogen (secondary N) is 2. The number of rotatable bonds is 6. The van der Waals surface area contributed by atoms with Crippen molar-refractivity contribution in [2.75, 3.05) is 26.3 Å². The first-order chi connectivity index (χ1) is 13.6. The van der Waals surface area contributed by atoms with Gasteiger partial charge in [-0.2, -0.15) is 0 Å². The summed E-state index contributed by atoms with van der Waals surface area (Å²) in [6.45, 7) is 19.1. The van der Waals surface area contributed by atoms with E-state index in [2.05, 4.69) is 75.8 Å². The highest BCUT2D eigenvalue weighted by Gasteiger charge is 2.47. The molecule has 2 rings (SSSR count). The van der Waals surface area contributed by atoms with Gasteiger partial charge < -0.3 is 20.8 Å². The molecule has 0 aromatic rings. The average Bonchev–Trinajstić information content (AvgIpc) is 2.52. The van der Waals surface area contributed by atoms with Crippen molar-refractivity contribution < 1.29 is 15.0 Å². The van der Waals surface area contributed by atoms with E-state index in [0.717, 1.165) is 25.7 Å². The number of aliphatic hydroxyl groups excluding tert-OH is 2. The quantitative estimate of drug-likeness (QED) is 0.524. The molecule has 0 saturated carbocycles. The van der Waals surface area contributed by atoms with E-state index in [-0.39, 0.29) is 53.5 Å². The second-order valence-corrected chi connectivity index (χ2v) is 11.8. The first-order valence-corrected chi connectivity index (χ1v) is 11.5. The van der Waals surface area contributed by atoms with Crippen LogP contribution in [-0.2, 0) is 0 Å². The smallest absolute Gasteiger partial charge is 0.315 e. The lowest BCUT2D eigenvalue weighted by Gasteiger charge is -2.56. The Morgan fingerprint density at radius 2 is 0.967 bits per heavy atom. The molecule has 0 unspecified atom stereocenters. The predicted octanol–water partition coefficient (Wildman–Crippen LogP) is 2.31. The fourth-order valence-corrected chi connectivity index (χ4v) is 6.66. The third-order valence-electron chi connectivity index (χ3n) is 7.22. The van der Waals surface area contributed by atoms with Crippen LogP contribution in [0.15, 0.2) is 0 Å². The summed E-state index contributed by atoms with van der Waals surface area (Å²) in [5.74, 6) is 0. The maximum Gasteiger partial charge on any atom is 0.315 e. The van der Waals surface area contributed by atoms with Crippen LogP contribution in [-0.4, -0.2) is 86.6 Å². The van der Waals surface area contributed by atoms with Gasteiger partial charge >= 0.3 is 6.03 Å². The Kier molecular flexibility index (Phi) is 7.55. The zero-order valence-corrected chi connectivity index (χ0v) is 20.5. The number of hydrogen-bond donors (Lipinski definition) is 4. The first kappa shape index (κ1) is 25.4. The molecule has 0 aromatic carbocycles. The number of carbonyl (C=O) groups is 1. The van der Waals surface area contributed by atoms with E-state index in [1.165, 1.54) is 0 Å². The van der Waals surface area contributed by atoms with Crippen molar-refractivity contribution in [3.05, 3.63) is 0 Å². The van der Waals surface area contributed by atoms with Crippen molar-refractivity contribution in [1.82, 2.24) is 20.4 Å². The second-order valence-electron chi connectivity index (χ2n) is 11.8. The van der Waals surface area contributed by atoms with Crippen LogP contribution in [0.4, 0.5) is 4.79 Å². The van der Waals surface area contributed by atoms with Crippen molar-refractivity contribution in [1.29, 1.82) is 0 Å². The van der Waals surface area contributed by atoms with E-state index in [1.807, 2.05) is 0 Å². The zero-order chi connectivity index (χ0) is 23.0. The molecule has 0 aromatic heterocycles. The molecule has 2 amide bonds. The minimum atomic E-state index is -0.0952. The number of likely N-dealkylation sites (tertiary alicyclic amines) is 2. The van der Waals surface area contributed by atoms with Crippen LogP contribution in [0.1, 0.15) is 81.1 Å². The third kappa shape index (κ3) is 5.67. The number of amides is 2. The van der Waals surface area contributed by atoms with Gasteiger partial charge in [-0.25, -0.2) is 4.79 Å². The molecule has 0 radical (unpaired) electrons.